The Bertz CT molecular complexity index is 747. The maximum atomic E-state index is 10.8. The molecule has 0 amide bonds. The summed E-state index contributed by atoms with van der Waals surface area (Å²) in [6, 6.07) is 13.7. The molecule has 2 aromatic heterocycles. The van der Waals surface area contributed by atoms with Gasteiger partial charge in [0, 0.05) is 12.6 Å². The minimum Gasteiger partial charge on any atom is -0.492 e. The molecule has 3 rings (SSSR count). The summed E-state index contributed by atoms with van der Waals surface area (Å²) in [5.41, 5.74) is 0.0144. The van der Waals surface area contributed by atoms with Gasteiger partial charge in [0.1, 0.15) is 23.9 Å². The fourth-order valence-electron chi connectivity index (χ4n) is 2.44. The van der Waals surface area contributed by atoms with E-state index in [0.29, 0.717) is 32.0 Å². The minimum atomic E-state index is -0.438. The van der Waals surface area contributed by atoms with Crippen LogP contribution in [-0.4, -0.2) is 23.0 Å². The van der Waals surface area contributed by atoms with Crippen LogP contribution in [0.1, 0.15) is 11.5 Å². The van der Waals surface area contributed by atoms with Gasteiger partial charge in [-0.25, -0.2) is 0 Å². The molecule has 0 radical (unpaired) electrons. The zero-order chi connectivity index (χ0) is 17.5. The van der Waals surface area contributed by atoms with Crippen molar-refractivity contribution >= 4 is 5.69 Å². The van der Waals surface area contributed by atoms with Gasteiger partial charge >= 0.3 is 0 Å². The zero-order valence-electron chi connectivity index (χ0n) is 13.5. The highest BCUT2D eigenvalue weighted by molar-refractivity contribution is 5.37. The maximum Gasteiger partial charge on any atom is 0.273 e. The number of ether oxygens (including phenoxy) is 1. The average molecular weight is 342 g/mol. The lowest BCUT2D eigenvalue weighted by molar-refractivity contribution is -0.384. The van der Waals surface area contributed by atoms with Crippen molar-refractivity contribution in [2.24, 2.45) is 0 Å². The van der Waals surface area contributed by atoms with Crippen LogP contribution < -0.4 is 4.74 Å². The van der Waals surface area contributed by atoms with E-state index in [1.54, 1.807) is 24.7 Å². The predicted octanol–water partition coefficient (Wildman–Crippen LogP) is 3.86. The van der Waals surface area contributed by atoms with Gasteiger partial charge in [0.25, 0.3) is 5.69 Å². The van der Waals surface area contributed by atoms with Crippen molar-refractivity contribution in [1.29, 1.82) is 0 Å². The normalized spacial score (nSPS) is 10.9. The third kappa shape index (κ3) is 4.95. The second-order valence-corrected chi connectivity index (χ2v) is 5.47. The van der Waals surface area contributed by atoms with E-state index in [1.165, 1.54) is 12.1 Å². The van der Waals surface area contributed by atoms with Gasteiger partial charge in [0.15, 0.2) is 0 Å². The Hall–Kier alpha value is -3.06. The molecule has 0 spiro atoms. The van der Waals surface area contributed by atoms with Gasteiger partial charge in [0.2, 0.25) is 0 Å². The van der Waals surface area contributed by atoms with Gasteiger partial charge in [-0.1, -0.05) is 6.07 Å². The van der Waals surface area contributed by atoms with Crippen molar-refractivity contribution in [1.82, 2.24) is 4.90 Å². The molecule has 0 aliphatic carbocycles. The van der Waals surface area contributed by atoms with Crippen LogP contribution in [-0.2, 0) is 13.1 Å². The van der Waals surface area contributed by atoms with E-state index in [9.17, 15) is 10.1 Å². The fourth-order valence-corrected chi connectivity index (χ4v) is 2.44. The molecule has 7 nitrogen and oxygen atoms in total. The minimum absolute atomic E-state index is 0.0144. The molecule has 2 heterocycles. The lowest BCUT2D eigenvalue weighted by Crippen LogP contribution is -2.27. The summed E-state index contributed by atoms with van der Waals surface area (Å²) in [5, 5.41) is 10.8. The Morgan fingerprint density at radius 3 is 2.24 bits per heavy atom. The first-order valence-corrected chi connectivity index (χ1v) is 7.85. The molecule has 0 atom stereocenters. The molecule has 0 saturated heterocycles. The molecule has 7 heteroatoms. The monoisotopic (exact) mass is 342 g/mol. The smallest absolute Gasteiger partial charge is 0.273 e. The lowest BCUT2D eigenvalue weighted by atomic mass is 10.3. The number of nitro groups is 1. The van der Waals surface area contributed by atoms with Crippen LogP contribution in [0.2, 0.25) is 0 Å². The van der Waals surface area contributed by atoms with Crippen LogP contribution in [0.3, 0.4) is 0 Å². The van der Waals surface area contributed by atoms with Crippen molar-refractivity contribution < 1.29 is 18.5 Å². The van der Waals surface area contributed by atoms with Crippen molar-refractivity contribution in [2.75, 3.05) is 13.2 Å². The summed E-state index contributed by atoms with van der Waals surface area (Å²) in [6.07, 6.45) is 3.28. The third-order valence-corrected chi connectivity index (χ3v) is 3.62. The van der Waals surface area contributed by atoms with E-state index >= 15 is 0 Å². The number of benzene rings is 1. The molecule has 0 N–H and O–H groups in total. The second kappa shape index (κ2) is 8.16. The molecular formula is C18H18N2O5. The Labute approximate surface area is 144 Å². The van der Waals surface area contributed by atoms with Gasteiger partial charge in [-0.05, 0) is 30.3 Å². The Balaban J connectivity index is 1.58. The molecule has 0 aliphatic rings. The molecule has 0 saturated carbocycles. The first-order chi connectivity index (χ1) is 12.2. The van der Waals surface area contributed by atoms with Crippen molar-refractivity contribution in [3.63, 3.8) is 0 Å². The molecule has 25 heavy (non-hydrogen) atoms. The van der Waals surface area contributed by atoms with Gasteiger partial charge in [-0.15, -0.1) is 0 Å². The summed E-state index contributed by atoms with van der Waals surface area (Å²) in [5.74, 6) is 2.17. The highest BCUT2D eigenvalue weighted by Crippen LogP contribution is 2.19. The number of nitrogens with zero attached hydrogens (tertiary/aromatic N) is 2. The third-order valence-electron chi connectivity index (χ3n) is 3.62. The van der Waals surface area contributed by atoms with Crippen molar-refractivity contribution in [3.05, 3.63) is 82.7 Å². The lowest BCUT2D eigenvalue weighted by Gasteiger charge is -2.20. The molecule has 130 valence electrons. The summed E-state index contributed by atoms with van der Waals surface area (Å²) in [7, 11) is 0. The van der Waals surface area contributed by atoms with E-state index in [1.807, 2.05) is 24.3 Å². The second-order valence-electron chi connectivity index (χ2n) is 5.47. The van der Waals surface area contributed by atoms with Crippen molar-refractivity contribution in [3.8, 4) is 5.75 Å². The van der Waals surface area contributed by atoms with E-state index in [2.05, 4.69) is 4.90 Å². The Morgan fingerprint density at radius 1 is 1.00 bits per heavy atom. The number of furan rings is 2. The van der Waals surface area contributed by atoms with Crippen molar-refractivity contribution in [2.45, 2.75) is 13.1 Å². The summed E-state index contributed by atoms with van der Waals surface area (Å²) in [4.78, 5) is 12.5. The average Bonchev–Trinajstić information content (AvgIpc) is 3.29. The summed E-state index contributed by atoms with van der Waals surface area (Å²) >= 11 is 0. The number of nitro benzene ring substituents is 1. The van der Waals surface area contributed by atoms with Crippen LogP contribution in [0.25, 0.3) is 0 Å². The highest BCUT2D eigenvalue weighted by atomic mass is 16.6. The van der Waals surface area contributed by atoms with Crippen LogP contribution in [0.5, 0.6) is 5.75 Å². The number of rotatable bonds is 9. The molecule has 3 aromatic rings. The van der Waals surface area contributed by atoms with Gasteiger partial charge < -0.3 is 13.6 Å². The van der Waals surface area contributed by atoms with Gasteiger partial charge in [0.05, 0.1) is 36.6 Å². The molecule has 0 unspecified atom stereocenters. The summed E-state index contributed by atoms with van der Waals surface area (Å²) in [6.45, 7) is 2.24. The van der Waals surface area contributed by atoms with Crippen LogP contribution in [0, 0.1) is 10.1 Å². The SMILES string of the molecule is O=[N+]([O-])c1cccc(OCCN(Cc2ccco2)Cc2ccco2)c1. The predicted molar refractivity (Wildman–Crippen MR) is 90.1 cm³/mol. The number of non-ortho nitro benzene ring substituents is 1. The van der Waals surface area contributed by atoms with Gasteiger partial charge in [-0.3, -0.25) is 15.0 Å². The number of hydrogen-bond acceptors (Lipinski definition) is 6. The van der Waals surface area contributed by atoms with Gasteiger partial charge in [-0.2, -0.15) is 0 Å². The van der Waals surface area contributed by atoms with Crippen LogP contribution >= 0.6 is 0 Å². The van der Waals surface area contributed by atoms with Crippen LogP contribution in [0.15, 0.2) is 69.9 Å². The quantitative estimate of drug-likeness (QED) is 0.434. The van der Waals surface area contributed by atoms with E-state index in [4.69, 9.17) is 13.6 Å². The van der Waals surface area contributed by atoms with E-state index < -0.39 is 4.92 Å². The molecular weight excluding hydrogens is 324 g/mol. The summed E-state index contributed by atoms with van der Waals surface area (Å²) < 4.78 is 16.5. The number of hydrogen-bond donors (Lipinski definition) is 0. The Morgan fingerprint density at radius 2 is 1.68 bits per heavy atom. The van der Waals surface area contributed by atoms with Crippen LogP contribution in [0.4, 0.5) is 5.69 Å². The molecule has 1 aromatic carbocycles. The topological polar surface area (TPSA) is 81.9 Å². The fraction of sp³-hybridized carbons (Fsp3) is 0.222. The highest BCUT2D eigenvalue weighted by Gasteiger charge is 2.12. The Kier molecular flexibility index (Phi) is 5.48. The maximum absolute atomic E-state index is 10.8. The molecule has 0 bridgehead atoms. The standard InChI is InChI=1S/C18H18N2O5/c21-20(22)15-4-1-5-16(12-15)25-11-8-19(13-17-6-2-9-23-17)14-18-7-3-10-24-18/h1-7,9-10,12H,8,11,13-14H2. The van der Waals surface area contributed by atoms with E-state index in [0.717, 1.165) is 11.5 Å². The first kappa shape index (κ1) is 16.8. The first-order valence-electron chi connectivity index (χ1n) is 7.85. The van der Waals surface area contributed by atoms with E-state index in [-0.39, 0.29) is 5.69 Å². The molecule has 0 aliphatic heterocycles. The molecule has 0 fully saturated rings. The largest absolute Gasteiger partial charge is 0.492 e. The zero-order valence-corrected chi connectivity index (χ0v) is 13.5.